The summed E-state index contributed by atoms with van der Waals surface area (Å²) in [7, 11) is 0. The molecule has 1 aliphatic carbocycles. The molecule has 1 aliphatic heterocycles. The van der Waals surface area contributed by atoms with Crippen LogP contribution in [0.25, 0.3) is 0 Å². The molecule has 1 saturated heterocycles. The van der Waals surface area contributed by atoms with Crippen LogP contribution in [0.15, 0.2) is 24.3 Å². The van der Waals surface area contributed by atoms with Gasteiger partial charge in [-0.05, 0) is 68.8 Å². The molecule has 0 bridgehead atoms. The van der Waals surface area contributed by atoms with Crippen LogP contribution >= 0.6 is 12.4 Å². The average Bonchev–Trinajstić information content (AvgIpc) is 3.22. The maximum Gasteiger partial charge on any atom is 0.222 e. The van der Waals surface area contributed by atoms with Crippen molar-refractivity contribution < 1.29 is 9.18 Å². The predicted octanol–water partition coefficient (Wildman–Crippen LogP) is 3.17. The molecular weight excluding hydrogens is 315 g/mol. The summed E-state index contributed by atoms with van der Waals surface area (Å²) in [6, 6.07) is 7.07. The first-order valence-electron chi connectivity index (χ1n) is 8.47. The van der Waals surface area contributed by atoms with Crippen LogP contribution in [-0.4, -0.2) is 36.5 Å². The van der Waals surface area contributed by atoms with Crippen molar-refractivity contribution in [2.75, 3.05) is 19.6 Å². The van der Waals surface area contributed by atoms with E-state index in [0.717, 1.165) is 50.9 Å². The van der Waals surface area contributed by atoms with Crippen molar-refractivity contribution in [1.29, 1.82) is 0 Å². The number of hydrogen-bond acceptors (Lipinski definition) is 2. The van der Waals surface area contributed by atoms with Gasteiger partial charge in [0, 0.05) is 19.0 Å². The Morgan fingerprint density at radius 3 is 2.57 bits per heavy atom. The molecule has 23 heavy (non-hydrogen) atoms. The average molecular weight is 341 g/mol. The van der Waals surface area contributed by atoms with Crippen molar-refractivity contribution in [1.82, 2.24) is 10.2 Å². The minimum atomic E-state index is -0.205. The van der Waals surface area contributed by atoms with E-state index in [1.165, 1.54) is 18.6 Å². The summed E-state index contributed by atoms with van der Waals surface area (Å²) in [5.74, 6) is 0.766. The highest BCUT2D eigenvalue weighted by atomic mass is 35.5. The first kappa shape index (κ1) is 18.2. The summed E-state index contributed by atoms with van der Waals surface area (Å²) < 4.78 is 12.9. The zero-order valence-electron chi connectivity index (χ0n) is 13.5. The number of carbonyl (C=O) groups excluding carboxylic acids is 1. The molecule has 1 N–H and O–H groups in total. The quantitative estimate of drug-likeness (QED) is 0.827. The summed E-state index contributed by atoms with van der Waals surface area (Å²) >= 11 is 0. The van der Waals surface area contributed by atoms with Crippen LogP contribution in [0.3, 0.4) is 0 Å². The lowest BCUT2D eigenvalue weighted by Crippen LogP contribution is -2.35. The van der Waals surface area contributed by atoms with Crippen LogP contribution in [-0.2, 0) is 11.2 Å². The van der Waals surface area contributed by atoms with E-state index in [0.29, 0.717) is 24.3 Å². The first-order valence-corrected chi connectivity index (χ1v) is 8.47. The van der Waals surface area contributed by atoms with E-state index in [1.54, 1.807) is 0 Å². The maximum atomic E-state index is 12.9. The molecule has 1 amide bonds. The highest BCUT2D eigenvalue weighted by molar-refractivity contribution is 5.85. The number of benzene rings is 1. The van der Waals surface area contributed by atoms with E-state index in [4.69, 9.17) is 0 Å². The predicted molar refractivity (Wildman–Crippen MR) is 92.3 cm³/mol. The van der Waals surface area contributed by atoms with Gasteiger partial charge in [0.05, 0.1) is 0 Å². The molecule has 128 valence electrons. The molecule has 0 aromatic heterocycles. The fourth-order valence-corrected chi connectivity index (χ4v) is 3.23. The molecule has 1 aromatic carbocycles. The molecular formula is C18H26ClFN2O. The first-order chi connectivity index (χ1) is 10.7. The number of nitrogens with one attached hydrogen (secondary N) is 1. The molecule has 5 heteroatoms. The third kappa shape index (κ3) is 5.47. The molecule has 1 aromatic rings. The zero-order chi connectivity index (χ0) is 15.4. The molecule has 1 atom stereocenters. The van der Waals surface area contributed by atoms with Gasteiger partial charge in [0.2, 0.25) is 5.91 Å². The Kier molecular flexibility index (Phi) is 6.85. The number of nitrogens with zero attached hydrogens (tertiary/aromatic N) is 1. The van der Waals surface area contributed by atoms with E-state index in [-0.39, 0.29) is 18.2 Å². The largest absolute Gasteiger partial charge is 0.339 e. The van der Waals surface area contributed by atoms with Crippen LogP contribution in [0, 0.1) is 11.7 Å². The van der Waals surface area contributed by atoms with Crippen LogP contribution in [0.2, 0.25) is 0 Å². The molecule has 3 nitrogen and oxygen atoms in total. The van der Waals surface area contributed by atoms with Gasteiger partial charge in [0.15, 0.2) is 0 Å². The third-order valence-corrected chi connectivity index (χ3v) is 4.79. The minimum Gasteiger partial charge on any atom is -0.339 e. The molecule has 2 fully saturated rings. The second-order valence-corrected chi connectivity index (χ2v) is 6.59. The molecule has 1 unspecified atom stereocenters. The van der Waals surface area contributed by atoms with Crippen molar-refractivity contribution in [2.24, 2.45) is 5.92 Å². The molecule has 1 heterocycles. The minimum absolute atomic E-state index is 0. The Morgan fingerprint density at radius 1 is 1.22 bits per heavy atom. The van der Waals surface area contributed by atoms with Gasteiger partial charge in [-0.25, -0.2) is 4.39 Å². The van der Waals surface area contributed by atoms with Crippen LogP contribution < -0.4 is 5.32 Å². The SMILES string of the molecule is Cl.O=C(CCC1CCNC1)N(CCc1ccc(F)cc1)C1CC1. The normalized spacial score (nSPS) is 20.1. The van der Waals surface area contributed by atoms with Gasteiger partial charge in [-0.2, -0.15) is 0 Å². The van der Waals surface area contributed by atoms with E-state index >= 15 is 0 Å². The lowest BCUT2D eigenvalue weighted by atomic mass is 10.0. The highest BCUT2D eigenvalue weighted by Gasteiger charge is 2.32. The molecule has 0 spiro atoms. The van der Waals surface area contributed by atoms with Gasteiger partial charge in [-0.15, -0.1) is 12.4 Å². The van der Waals surface area contributed by atoms with E-state index in [1.807, 2.05) is 12.1 Å². The van der Waals surface area contributed by atoms with Gasteiger partial charge in [-0.3, -0.25) is 4.79 Å². The monoisotopic (exact) mass is 340 g/mol. The van der Waals surface area contributed by atoms with E-state index in [9.17, 15) is 9.18 Å². The number of carbonyl (C=O) groups is 1. The number of hydrogen-bond donors (Lipinski definition) is 1. The molecule has 1 saturated carbocycles. The van der Waals surface area contributed by atoms with Crippen molar-refractivity contribution in [2.45, 2.75) is 44.6 Å². The third-order valence-electron chi connectivity index (χ3n) is 4.79. The topological polar surface area (TPSA) is 32.3 Å². The Bertz CT molecular complexity index is 498. The fraction of sp³-hybridized carbons (Fsp3) is 0.611. The van der Waals surface area contributed by atoms with E-state index in [2.05, 4.69) is 10.2 Å². The van der Waals surface area contributed by atoms with Crippen molar-refractivity contribution in [3.8, 4) is 0 Å². The Labute approximate surface area is 144 Å². The maximum absolute atomic E-state index is 12.9. The summed E-state index contributed by atoms with van der Waals surface area (Å²) in [5, 5.41) is 3.36. The standard InChI is InChI=1S/C18H25FN2O.ClH/c19-16-4-1-14(2-5-16)10-12-21(17-6-7-17)18(22)8-3-15-9-11-20-13-15;/h1-2,4-5,15,17,20H,3,6-13H2;1H. The summed E-state index contributed by atoms with van der Waals surface area (Å²) in [4.78, 5) is 14.6. The van der Waals surface area contributed by atoms with Crippen molar-refractivity contribution in [3.63, 3.8) is 0 Å². The van der Waals surface area contributed by atoms with Gasteiger partial charge < -0.3 is 10.2 Å². The Balaban J connectivity index is 0.00000192. The van der Waals surface area contributed by atoms with Gasteiger partial charge in [0.25, 0.3) is 0 Å². The lowest BCUT2D eigenvalue weighted by Gasteiger charge is -2.23. The van der Waals surface area contributed by atoms with Crippen molar-refractivity contribution >= 4 is 18.3 Å². The number of halogens is 2. The summed E-state index contributed by atoms with van der Waals surface area (Å²) in [5.41, 5.74) is 1.10. The number of amides is 1. The van der Waals surface area contributed by atoms with Crippen LogP contribution in [0.4, 0.5) is 4.39 Å². The van der Waals surface area contributed by atoms with E-state index < -0.39 is 0 Å². The smallest absolute Gasteiger partial charge is 0.222 e. The molecule has 0 radical (unpaired) electrons. The molecule has 2 aliphatic rings. The summed E-state index contributed by atoms with van der Waals surface area (Å²) in [6.07, 6.45) is 5.97. The zero-order valence-corrected chi connectivity index (χ0v) is 14.3. The van der Waals surface area contributed by atoms with Gasteiger partial charge in [0.1, 0.15) is 5.82 Å². The second kappa shape index (κ2) is 8.65. The summed E-state index contributed by atoms with van der Waals surface area (Å²) in [6.45, 7) is 2.92. The second-order valence-electron chi connectivity index (χ2n) is 6.59. The Hall–Kier alpha value is -1.13. The fourth-order valence-electron chi connectivity index (χ4n) is 3.23. The van der Waals surface area contributed by atoms with Crippen LogP contribution in [0.5, 0.6) is 0 Å². The highest BCUT2D eigenvalue weighted by Crippen LogP contribution is 2.28. The number of rotatable bonds is 7. The van der Waals surface area contributed by atoms with Crippen LogP contribution in [0.1, 0.15) is 37.7 Å². The molecule has 3 rings (SSSR count). The Morgan fingerprint density at radius 2 is 1.96 bits per heavy atom. The van der Waals surface area contributed by atoms with Gasteiger partial charge >= 0.3 is 0 Å². The van der Waals surface area contributed by atoms with Crippen molar-refractivity contribution in [3.05, 3.63) is 35.6 Å². The van der Waals surface area contributed by atoms with Gasteiger partial charge in [-0.1, -0.05) is 12.1 Å². The lowest BCUT2D eigenvalue weighted by molar-refractivity contribution is -0.132.